The van der Waals surface area contributed by atoms with Gasteiger partial charge in [-0.25, -0.2) is 0 Å². The van der Waals surface area contributed by atoms with Gasteiger partial charge in [-0.1, -0.05) is 15.9 Å². The maximum absolute atomic E-state index is 5.87. The molecular weight excluding hydrogens is 282 g/mol. The molecule has 2 N–H and O–H groups in total. The number of benzene rings is 1. The Hall–Kier alpha value is -1.56. The molecule has 0 fully saturated rings. The van der Waals surface area contributed by atoms with Gasteiger partial charge in [0, 0.05) is 18.6 Å². The fourth-order valence-corrected chi connectivity index (χ4v) is 2.01. The molecule has 0 bridgehead atoms. The Morgan fingerprint density at radius 2 is 2.06 bits per heavy atom. The molecule has 1 aromatic carbocycles. The molecule has 5 nitrogen and oxygen atoms in total. The third-order valence-corrected chi connectivity index (χ3v) is 2.90. The Kier molecular flexibility index (Phi) is 3.06. The van der Waals surface area contributed by atoms with E-state index < -0.39 is 0 Å². The molecule has 0 aliphatic heterocycles. The molecule has 0 aliphatic carbocycles. The summed E-state index contributed by atoms with van der Waals surface area (Å²) < 4.78 is 2.68. The lowest BCUT2D eigenvalue weighted by Crippen LogP contribution is -2.11. The van der Waals surface area contributed by atoms with Crippen molar-refractivity contribution in [3.05, 3.63) is 28.2 Å². The molecule has 0 amide bonds. The highest BCUT2D eigenvalue weighted by molar-refractivity contribution is 9.10. The first-order chi connectivity index (χ1) is 7.99. The van der Waals surface area contributed by atoms with Crippen molar-refractivity contribution in [2.75, 3.05) is 24.7 Å². The van der Waals surface area contributed by atoms with Crippen LogP contribution in [-0.2, 0) is 0 Å². The largest absolute Gasteiger partial charge is 0.368 e. The summed E-state index contributed by atoms with van der Waals surface area (Å²) in [6.45, 7) is 2.01. The number of nitrogens with zero attached hydrogens (tertiary/aromatic N) is 4. The Morgan fingerprint density at radius 1 is 1.35 bits per heavy atom. The summed E-state index contributed by atoms with van der Waals surface area (Å²) in [5.74, 6) is 0.990. The summed E-state index contributed by atoms with van der Waals surface area (Å²) in [4.78, 5) is 6.01. The van der Waals surface area contributed by atoms with E-state index in [4.69, 9.17) is 5.73 Å². The first kappa shape index (κ1) is 11.9. The third kappa shape index (κ3) is 2.26. The zero-order chi connectivity index (χ0) is 12.6. The number of hydrogen-bond donors (Lipinski definition) is 1. The molecule has 90 valence electrons. The van der Waals surface area contributed by atoms with Gasteiger partial charge in [0.15, 0.2) is 0 Å². The van der Waals surface area contributed by atoms with Crippen LogP contribution in [-0.4, -0.2) is 28.9 Å². The Morgan fingerprint density at radius 3 is 2.59 bits per heavy atom. The van der Waals surface area contributed by atoms with Crippen LogP contribution in [0.5, 0.6) is 0 Å². The second kappa shape index (κ2) is 4.37. The van der Waals surface area contributed by atoms with Gasteiger partial charge in [-0.05, 0) is 30.7 Å². The molecule has 0 unspecified atom stereocenters. The molecular formula is C11H14BrN5. The fourth-order valence-electron chi connectivity index (χ4n) is 1.54. The average molecular weight is 296 g/mol. The summed E-state index contributed by atoms with van der Waals surface area (Å²) >= 11 is 3.43. The molecule has 1 aromatic heterocycles. The topological polar surface area (TPSA) is 60.0 Å². The van der Waals surface area contributed by atoms with Crippen molar-refractivity contribution in [1.29, 1.82) is 0 Å². The number of hydrogen-bond acceptors (Lipinski definition) is 4. The second-order valence-corrected chi connectivity index (χ2v) is 4.92. The van der Waals surface area contributed by atoms with Gasteiger partial charge in [0.05, 0.1) is 5.69 Å². The van der Waals surface area contributed by atoms with E-state index in [9.17, 15) is 0 Å². The van der Waals surface area contributed by atoms with Gasteiger partial charge < -0.3 is 10.6 Å². The number of anilines is 2. The van der Waals surface area contributed by atoms with Gasteiger partial charge in [-0.3, -0.25) is 0 Å². The molecule has 2 aromatic rings. The zero-order valence-corrected chi connectivity index (χ0v) is 11.6. The number of rotatable bonds is 2. The van der Waals surface area contributed by atoms with E-state index in [0.717, 1.165) is 15.7 Å². The number of aromatic nitrogens is 3. The molecule has 0 saturated heterocycles. The quantitative estimate of drug-likeness (QED) is 0.920. The standard InChI is InChI=1S/C11H14BrN5/c1-7-6-8(12)4-5-9(7)17-10(13)14-11(15-17)16(2)3/h4-6H,1-3H3,(H2,13,14,15). The number of halogens is 1. The lowest BCUT2D eigenvalue weighted by atomic mass is 10.2. The van der Waals surface area contributed by atoms with Crippen molar-refractivity contribution in [3.63, 3.8) is 0 Å². The van der Waals surface area contributed by atoms with Crippen LogP contribution in [0.3, 0.4) is 0 Å². The molecule has 2 rings (SSSR count). The highest BCUT2D eigenvalue weighted by Crippen LogP contribution is 2.21. The van der Waals surface area contributed by atoms with Crippen molar-refractivity contribution in [1.82, 2.24) is 14.8 Å². The van der Waals surface area contributed by atoms with Crippen molar-refractivity contribution in [3.8, 4) is 5.69 Å². The minimum atomic E-state index is 0.388. The molecule has 6 heteroatoms. The van der Waals surface area contributed by atoms with Crippen molar-refractivity contribution >= 4 is 27.8 Å². The Labute approximate surface area is 108 Å². The lowest BCUT2D eigenvalue weighted by molar-refractivity contribution is 0.868. The summed E-state index contributed by atoms with van der Waals surface area (Å²) in [5, 5.41) is 4.36. The molecule has 1 heterocycles. The molecule has 0 spiro atoms. The molecule has 0 atom stereocenters. The van der Waals surface area contributed by atoms with Gasteiger partial charge in [-0.15, -0.1) is 5.10 Å². The number of aryl methyl sites for hydroxylation is 1. The zero-order valence-electron chi connectivity index (χ0n) is 9.98. The van der Waals surface area contributed by atoms with Crippen molar-refractivity contribution in [2.24, 2.45) is 0 Å². The summed E-state index contributed by atoms with van der Waals surface area (Å²) in [5.41, 5.74) is 7.89. The Balaban J connectivity index is 2.52. The summed E-state index contributed by atoms with van der Waals surface area (Å²) in [7, 11) is 3.76. The van der Waals surface area contributed by atoms with E-state index in [1.807, 2.05) is 44.1 Å². The highest BCUT2D eigenvalue weighted by atomic mass is 79.9. The van der Waals surface area contributed by atoms with Crippen molar-refractivity contribution in [2.45, 2.75) is 6.92 Å². The molecule has 0 radical (unpaired) electrons. The van der Waals surface area contributed by atoms with Gasteiger partial charge in [0.25, 0.3) is 0 Å². The minimum Gasteiger partial charge on any atom is -0.368 e. The van der Waals surface area contributed by atoms with Crippen LogP contribution in [0.2, 0.25) is 0 Å². The van der Waals surface area contributed by atoms with Crippen LogP contribution >= 0.6 is 15.9 Å². The first-order valence-electron chi connectivity index (χ1n) is 5.15. The van der Waals surface area contributed by atoms with E-state index in [-0.39, 0.29) is 0 Å². The predicted octanol–water partition coefficient (Wildman–Crippen LogP) is 1.99. The van der Waals surface area contributed by atoms with E-state index in [1.54, 1.807) is 4.68 Å². The van der Waals surface area contributed by atoms with Crippen LogP contribution in [0.1, 0.15) is 5.56 Å². The normalized spacial score (nSPS) is 10.6. The maximum Gasteiger partial charge on any atom is 0.246 e. The molecule has 0 aliphatic rings. The van der Waals surface area contributed by atoms with Gasteiger partial charge in [0.2, 0.25) is 11.9 Å². The summed E-state index contributed by atoms with van der Waals surface area (Å²) in [6.07, 6.45) is 0. The highest BCUT2D eigenvalue weighted by Gasteiger charge is 2.11. The SMILES string of the molecule is Cc1cc(Br)ccc1-n1nc(N(C)C)nc1N. The first-order valence-corrected chi connectivity index (χ1v) is 5.94. The molecule has 0 saturated carbocycles. The van der Waals surface area contributed by atoms with Crippen LogP contribution < -0.4 is 10.6 Å². The van der Waals surface area contributed by atoms with E-state index in [2.05, 4.69) is 26.0 Å². The van der Waals surface area contributed by atoms with E-state index >= 15 is 0 Å². The monoisotopic (exact) mass is 295 g/mol. The van der Waals surface area contributed by atoms with Crippen LogP contribution in [0.25, 0.3) is 5.69 Å². The third-order valence-electron chi connectivity index (χ3n) is 2.41. The van der Waals surface area contributed by atoms with Crippen LogP contribution in [0.15, 0.2) is 22.7 Å². The van der Waals surface area contributed by atoms with Crippen molar-refractivity contribution < 1.29 is 0 Å². The second-order valence-electron chi connectivity index (χ2n) is 4.01. The Bertz CT molecular complexity index is 547. The van der Waals surface area contributed by atoms with E-state index in [1.165, 1.54) is 0 Å². The maximum atomic E-state index is 5.87. The number of nitrogens with two attached hydrogens (primary N) is 1. The van der Waals surface area contributed by atoms with Gasteiger partial charge in [-0.2, -0.15) is 9.67 Å². The lowest BCUT2D eigenvalue weighted by Gasteiger charge is -2.07. The average Bonchev–Trinajstić information content (AvgIpc) is 2.61. The number of nitrogen functional groups attached to an aromatic ring is 1. The van der Waals surface area contributed by atoms with Gasteiger partial charge in [0.1, 0.15) is 0 Å². The minimum absolute atomic E-state index is 0.388. The fraction of sp³-hybridized carbons (Fsp3) is 0.273. The van der Waals surface area contributed by atoms with Gasteiger partial charge >= 0.3 is 0 Å². The predicted molar refractivity (Wildman–Crippen MR) is 72.5 cm³/mol. The van der Waals surface area contributed by atoms with Crippen LogP contribution in [0, 0.1) is 6.92 Å². The smallest absolute Gasteiger partial charge is 0.246 e. The summed E-state index contributed by atoms with van der Waals surface area (Å²) in [6, 6.07) is 5.94. The van der Waals surface area contributed by atoms with E-state index in [0.29, 0.717) is 11.9 Å². The molecule has 17 heavy (non-hydrogen) atoms. The van der Waals surface area contributed by atoms with Crippen LogP contribution in [0.4, 0.5) is 11.9 Å².